The predicted molar refractivity (Wildman–Crippen MR) is 76.5 cm³/mol. The maximum absolute atomic E-state index is 6.68. The zero-order valence-electron chi connectivity index (χ0n) is 11.3. The average molecular weight is 251 g/mol. The average Bonchev–Trinajstić information content (AvgIpc) is 2.71. The first-order chi connectivity index (χ1) is 8.03. The molecule has 1 aliphatic carbocycles. The van der Waals surface area contributed by atoms with Crippen LogP contribution < -0.4 is 5.73 Å². The molecule has 0 amide bonds. The number of nitrogens with two attached hydrogens (primary N) is 1. The first-order valence-electron chi connectivity index (χ1n) is 6.90. The van der Waals surface area contributed by atoms with E-state index in [-0.39, 0.29) is 5.54 Å². The summed E-state index contributed by atoms with van der Waals surface area (Å²) in [6, 6.07) is 4.55. The van der Waals surface area contributed by atoms with Crippen LogP contribution in [0, 0.1) is 11.8 Å². The van der Waals surface area contributed by atoms with E-state index in [4.69, 9.17) is 5.73 Å². The van der Waals surface area contributed by atoms with Crippen LogP contribution in [0.5, 0.6) is 0 Å². The monoisotopic (exact) mass is 251 g/mol. The van der Waals surface area contributed by atoms with Crippen LogP contribution in [0.15, 0.2) is 12.1 Å². The van der Waals surface area contributed by atoms with Crippen LogP contribution in [0.25, 0.3) is 0 Å². The molecule has 0 bridgehead atoms. The van der Waals surface area contributed by atoms with Gasteiger partial charge in [-0.2, -0.15) is 0 Å². The van der Waals surface area contributed by atoms with E-state index < -0.39 is 0 Å². The fourth-order valence-electron chi connectivity index (χ4n) is 3.05. The second kappa shape index (κ2) is 5.11. The lowest BCUT2D eigenvalue weighted by Crippen LogP contribution is -2.51. The Hall–Kier alpha value is -0.340. The normalized spacial score (nSPS) is 33.9. The van der Waals surface area contributed by atoms with E-state index in [2.05, 4.69) is 32.9 Å². The van der Waals surface area contributed by atoms with Gasteiger partial charge in [-0.15, -0.1) is 11.3 Å². The third-order valence-corrected chi connectivity index (χ3v) is 5.60. The van der Waals surface area contributed by atoms with Crippen molar-refractivity contribution in [2.45, 2.75) is 58.4 Å². The minimum absolute atomic E-state index is 0.0352. The summed E-state index contributed by atoms with van der Waals surface area (Å²) in [7, 11) is 0. The number of thiophene rings is 1. The van der Waals surface area contributed by atoms with Gasteiger partial charge in [-0.05, 0) is 43.2 Å². The SMILES string of the molecule is CCc1ccc(CC2(N)CC(C)CCC2C)s1. The molecule has 96 valence electrons. The number of hydrogen-bond donors (Lipinski definition) is 1. The van der Waals surface area contributed by atoms with Crippen LogP contribution >= 0.6 is 11.3 Å². The molecule has 0 radical (unpaired) electrons. The van der Waals surface area contributed by atoms with Crippen LogP contribution in [0.2, 0.25) is 0 Å². The summed E-state index contributed by atoms with van der Waals surface area (Å²) in [5.74, 6) is 1.45. The van der Waals surface area contributed by atoms with Crippen molar-refractivity contribution in [1.82, 2.24) is 0 Å². The Morgan fingerprint density at radius 2 is 2.00 bits per heavy atom. The summed E-state index contributed by atoms with van der Waals surface area (Å²) in [6.07, 6.45) is 6.05. The van der Waals surface area contributed by atoms with Gasteiger partial charge in [0.2, 0.25) is 0 Å². The zero-order chi connectivity index (χ0) is 12.5. The Morgan fingerprint density at radius 3 is 2.65 bits per heavy atom. The van der Waals surface area contributed by atoms with E-state index >= 15 is 0 Å². The van der Waals surface area contributed by atoms with E-state index in [1.807, 2.05) is 11.3 Å². The van der Waals surface area contributed by atoms with E-state index in [9.17, 15) is 0 Å². The lowest BCUT2D eigenvalue weighted by Gasteiger charge is -2.42. The fraction of sp³-hybridized carbons (Fsp3) is 0.733. The molecule has 1 fully saturated rings. The van der Waals surface area contributed by atoms with Crippen LogP contribution in [0.3, 0.4) is 0 Å². The molecule has 1 aromatic rings. The molecule has 2 N–H and O–H groups in total. The van der Waals surface area contributed by atoms with Crippen molar-refractivity contribution >= 4 is 11.3 Å². The Morgan fingerprint density at radius 1 is 1.29 bits per heavy atom. The second-order valence-electron chi connectivity index (χ2n) is 5.92. The van der Waals surface area contributed by atoms with Gasteiger partial charge in [0.05, 0.1) is 0 Å². The Labute approximate surface area is 109 Å². The topological polar surface area (TPSA) is 26.0 Å². The van der Waals surface area contributed by atoms with Gasteiger partial charge in [0.15, 0.2) is 0 Å². The van der Waals surface area contributed by atoms with Crippen LogP contribution in [0.4, 0.5) is 0 Å². The minimum atomic E-state index is 0.0352. The van der Waals surface area contributed by atoms with Gasteiger partial charge >= 0.3 is 0 Å². The van der Waals surface area contributed by atoms with Crippen molar-refractivity contribution < 1.29 is 0 Å². The van der Waals surface area contributed by atoms with Crippen molar-refractivity contribution in [2.75, 3.05) is 0 Å². The lowest BCUT2D eigenvalue weighted by atomic mass is 9.68. The summed E-state index contributed by atoms with van der Waals surface area (Å²) >= 11 is 1.95. The number of rotatable bonds is 3. The second-order valence-corrected chi connectivity index (χ2v) is 7.17. The summed E-state index contributed by atoms with van der Waals surface area (Å²) in [5, 5.41) is 0. The molecule has 0 spiro atoms. The Balaban J connectivity index is 2.09. The van der Waals surface area contributed by atoms with Gasteiger partial charge in [-0.1, -0.05) is 27.2 Å². The van der Waals surface area contributed by atoms with Gasteiger partial charge in [-0.25, -0.2) is 0 Å². The fourth-order valence-corrected chi connectivity index (χ4v) is 4.15. The number of aryl methyl sites for hydroxylation is 1. The van der Waals surface area contributed by atoms with Crippen molar-refractivity contribution in [2.24, 2.45) is 17.6 Å². The molecular formula is C15H25NS. The van der Waals surface area contributed by atoms with Crippen molar-refractivity contribution in [3.05, 3.63) is 21.9 Å². The highest BCUT2D eigenvalue weighted by molar-refractivity contribution is 7.12. The highest BCUT2D eigenvalue weighted by Gasteiger charge is 2.37. The molecule has 1 heterocycles. The van der Waals surface area contributed by atoms with Crippen LogP contribution in [-0.4, -0.2) is 5.54 Å². The quantitative estimate of drug-likeness (QED) is 0.863. The molecule has 17 heavy (non-hydrogen) atoms. The van der Waals surface area contributed by atoms with Gasteiger partial charge in [0.1, 0.15) is 0 Å². The predicted octanol–water partition coefficient (Wildman–Crippen LogP) is 4.01. The van der Waals surface area contributed by atoms with Crippen molar-refractivity contribution in [1.29, 1.82) is 0 Å². The third-order valence-electron chi connectivity index (χ3n) is 4.37. The van der Waals surface area contributed by atoms with Crippen molar-refractivity contribution in [3.8, 4) is 0 Å². The highest BCUT2D eigenvalue weighted by atomic mass is 32.1. The maximum Gasteiger partial charge on any atom is 0.0231 e. The largest absolute Gasteiger partial charge is 0.325 e. The maximum atomic E-state index is 6.68. The molecule has 2 heteroatoms. The minimum Gasteiger partial charge on any atom is -0.325 e. The molecule has 0 saturated heterocycles. The molecule has 2 rings (SSSR count). The Bertz CT molecular complexity index is 371. The third kappa shape index (κ3) is 2.92. The molecule has 0 aliphatic heterocycles. The molecule has 1 aliphatic rings. The molecule has 1 aromatic heterocycles. The molecule has 0 aromatic carbocycles. The van der Waals surface area contributed by atoms with Gasteiger partial charge in [0, 0.05) is 21.7 Å². The van der Waals surface area contributed by atoms with E-state index in [1.165, 1.54) is 29.0 Å². The summed E-state index contributed by atoms with van der Waals surface area (Å²) in [4.78, 5) is 2.96. The van der Waals surface area contributed by atoms with E-state index in [1.54, 1.807) is 0 Å². The first kappa shape index (κ1) is 13.1. The Kier molecular flexibility index (Phi) is 3.94. The van der Waals surface area contributed by atoms with Crippen LogP contribution in [-0.2, 0) is 12.8 Å². The standard InChI is InChI=1S/C15H25NS/c1-4-13-7-8-14(17-13)10-15(16)9-11(2)5-6-12(15)3/h7-8,11-12H,4-6,9-10,16H2,1-3H3. The molecule has 1 nitrogen and oxygen atoms in total. The molecule has 1 saturated carbocycles. The molecule has 3 atom stereocenters. The lowest BCUT2D eigenvalue weighted by molar-refractivity contribution is 0.162. The molecule has 3 unspecified atom stereocenters. The molecular weight excluding hydrogens is 226 g/mol. The smallest absolute Gasteiger partial charge is 0.0231 e. The van der Waals surface area contributed by atoms with E-state index in [0.29, 0.717) is 5.92 Å². The number of hydrogen-bond acceptors (Lipinski definition) is 2. The van der Waals surface area contributed by atoms with Gasteiger partial charge in [-0.3, -0.25) is 0 Å². The van der Waals surface area contributed by atoms with Gasteiger partial charge in [0.25, 0.3) is 0 Å². The summed E-state index contributed by atoms with van der Waals surface area (Å²) < 4.78 is 0. The summed E-state index contributed by atoms with van der Waals surface area (Å²) in [5.41, 5.74) is 6.72. The van der Waals surface area contributed by atoms with Gasteiger partial charge < -0.3 is 5.73 Å². The highest BCUT2D eigenvalue weighted by Crippen LogP contribution is 2.38. The summed E-state index contributed by atoms with van der Waals surface area (Å²) in [6.45, 7) is 6.90. The van der Waals surface area contributed by atoms with Crippen LogP contribution in [0.1, 0.15) is 49.8 Å². The zero-order valence-corrected chi connectivity index (χ0v) is 12.1. The van der Waals surface area contributed by atoms with Crippen molar-refractivity contribution in [3.63, 3.8) is 0 Å². The first-order valence-corrected chi connectivity index (χ1v) is 7.71. The van der Waals surface area contributed by atoms with E-state index in [0.717, 1.165) is 18.8 Å².